The fourth-order valence-electron chi connectivity index (χ4n) is 2.86. The second kappa shape index (κ2) is 5.08. The minimum Gasteiger partial charge on any atom is -0.346 e. The highest BCUT2D eigenvalue weighted by Gasteiger charge is 2.27. The number of carbonyl (C=O) groups excluding carboxylic acids is 1. The molecule has 2 rings (SSSR count). The maximum Gasteiger partial charge on any atom is 0.182 e. The van der Waals surface area contributed by atoms with Crippen LogP contribution < -0.4 is 0 Å². The number of aryl methyl sites for hydroxylation is 1. The molecule has 2 unspecified atom stereocenters. The standard InChI is InChI=1S/C15H22ClNO/c1-9(7-13-5-6-13)17-10(2)8-14(12(17)4)15(18)11(3)16/h8-9,11,13H,5-7H2,1-4H3. The van der Waals surface area contributed by atoms with Gasteiger partial charge in [-0.1, -0.05) is 12.8 Å². The minimum atomic E-state index is -0.447. The van der Waals surface area contributed by atoms with Gasteiger partial charge >= 0.3 is 0 Å². The quantitative estimate of drug-likeness (QED) is 0.577. The van der Waals surface area contributed by atoms with Gasteiger partial charge in [0, 0.05) is 23.0 Å². The first-order valence-corrected chi connectivity index (χ1v) is 7.22. The Morgan fingerprint density at radius 3 is 2.56 bits per heavy atom. The number of nitrogens with zero attached hydrogens (tertiary/aromatic N) is 1. The van der Waals surface area contributed by atoms with Gasteiger partial charge in [0.2, 0.25) is 0 Å². The Morgan fingerprint density at radius 1 is 1.44 bits per heavy atom. The Bertz CT molecular complexity index is 457. The molecule has 1 aliphatic rings. The van der Waals surface area contributed by atoms with E-state index in [0.29, 0.717) is 6.04 Å². The Labute approximate surface area is 114 Å². The predicted molar refractivity (Wildman–Crippen MR) is 75.6 cm³/mol. The molecule has 0 aliphatic heterocycles. The predicted octanol–water partition coefficient (Wildman–Crippen LogP) is 4.28. The lowest BCUT2D eigenvalue weighted by Gasteiger charge is -2.18. The van der Waals surface area contributed by atoms with Gasteiger partial charge in [-0.15, -0.1) is 11.6 Å². The van der Waals surface area contributed by atoms with Gasteiger partial charge in [0.05, 0.1) is 5.38 Å². The molecule has 1 heterocycles. The molecule has 1 aromatic heterocycles. The van der Waals surface area contributed by atoms with E-state index in [2.05, 4.69) is 18.4 Å². The second-order valence-corrected chi connectivity index (χ2v) is 6.32. The lowest BCUT2D eigenvalue weighted by molar-refractivity contribution is 0.0991. The van der Waals surface area contributed by atoms with Gasteiger partial charge in [0.1, 0.15) is 0 Å². The SMILES string of the molecule is Cc1cc(C(=O)C(C)Cl)c(C)n1C(C)CC1CC1. The molecule has 18 heavy (non-hydrogen) atoms. The number of Topliss-reactive ketones (excluding diaryl/α,β-unsaturated/α-hetero) is 1. The van der Waals surface area contributed by atoms with Crippen LogP contribution in [0.15, 0.2) is 6.07 Å². The minimum absolute atomic E-state index is 0.0367. The second-order valence-electron chi connectivity index (χ2n) is 5.66. The van der Waals surface area contributed by atoms with Gasteiger partial charge < -0.3 is 4.57 Å². The normalized spacial score (nSPS) is 18.7. The van der Waals surface area contributed by atoms with E-state index in [9.17, 15) is 4.79 Å². The highest BCUT2D eigenvalue weighted by Crippen LogP contribution is 2.38. The lowest BCUT2D eigenvalue weighted by Crippen LogP contribution is -2.14. The molecule has 0 N–H and O–H groups in total. The average molecular weight is 268 g/mol. The summed E-state index contributed by atoms with van der Waals surface area (Å²) in [6, 6.07) is 2.46. The zero-order chi connectivity index (χ0) is 13.4. The molecule has 1 aliphatic carbocycles. The summed E-state index contributed by atoms with van der Waals surface area (Å²) < 4.78 is 2.30. The molecule has 0 saturated heterocycles. The van der Waals surface area contributed by atoms with Crippen LogP contribution in [-0.2, 0) is 0 Å². The van der Waals surface area contributed by atoms with Crippen LogP contribution in [0.2, 0.25) is 0 Å². The van der Waals surface area contributed by atoms with E-state index in [1.165, 1.54) is 25.0 Å². The largest absolute Gasteiger partial charge is 0.346 e. The maximum atomic E-state index is 12.0. The summed E-state index contributed by atoms with van der Waals surface area (Å²) in [4.78, 5) is 12.0. The van der Waals surface area contributed by atoms with Crippen molar-refractivity contribution in [2.24, 2.45) is 5.92 Å². The number of halogens is 1. The Morgan fingerprint density at radius 2 is 2.06 bits per heavy atom. The van der Waals surface area contributed by atoms with Crippen LogP contribution in [-0.4, -0.2) is 15.7 Å². The summed E-state index contributed by atoms with van der Waals surface area (Å²) in [7, 11) is 0. The van der Waals surface area contributed by atoms with Crippen LogP contribution >= 0.6 is 11.6 Å². The summed E-state index contributed by atoms with van der Waals surface area (Å²) >= 11 is 5.91. The number of hydrogen-bond acceptors (Lipinski definition) is 1. The Hall–Kier alpha value is -0.760. The van der Waals surface area contributed by atoms with Crippen LogP contribution in [0.5, 0.6) is 0 Å². The number of carbonyl (C=O) groups is 1. The molecular weight excluding hydrogens is 246 g/mol. The smallest absolute Gasteiger partial charge is 0.182 e. The van der Waals surface area contributed by atoms with Crippen molar-refractivity contribution < 1.29 is 4.79 Å². The van der Waals surface area contributed by atoms with Gasteiger partial charge in [0.15, 0.2) is 5.78 Å². The summed E-state index contributed by atoms with van der Waals surface area (Å²) in [5.41, 5.74) is 3.03. The summed E-state index contributed by atoms with van der Waals surface area (Å²) in [5, 5.41) is -0.447. The fraction of sp³-hybridized carbons (Fsp3) is 0.667. The zero-order valence-corrected chi connectivity index (χ0v) is 12.4. The molecule has 0 amide bonds. The number of aromatic nitrogens is 1. The first-order valence-electron chi connectivity index (χ1n) is 6.78. The third-order valence-electron chi connectivity index (χ3n) is 3.92. The molecule has 1 saturated carbocycles. The molecule has 100 valence electrons. The van der Waals surface area contributed by atoms with E-state index >= 15 is 0 Å². The monoisotopic (exact) mass is 267 g/mol. The molecular formula is C15H22ClNO. The Balaban J connectivity index is 2.27. The number of alkyl halides is 1. The highest BCUT2D eigenvalue weighted by atomic mass is 35.5. The molecule has 0 radical (unpaired) electrons. The first kappa shape index (κ1) is 13.7. The van der Waals surface area contributed by atoms with Crippen molar-refractivity contribution >= 4 is 17.4 Å². The van der Waals surface area contributed by atoms with Crippen molar-refractivity contribution in [2.45, 2.75) is 58.4 Å². The van der Waals surface area contributed by atoms with Gasteiger partial charge in [-0.3, -0.25) is 4.79 Å². The lowest BCUT2D eigenvalue weighted by atomic mass is 10.1. The van der Waals surface area contributed by atoms with E-state index in [4.69, 9.17) is 11.6 Å². The van der Waals surface area contributed by atoms with E-state index in [0.717, 1.165) is 17.2 Å². The van der Waals surface area contributed by atoms with Crippen molar-refractivity contribution in [1.29, 1.82) is 0 Å². The van der Waals surface area contributed by atoms with E-state index in [-0.39, 0.29) is 5.78 Å². The molecule has 3 heteroatoms. The highest BCUT2D eigenvalue weighted by molar-refractivity contribution is 6.33. The van der Waals surface area contributed by atoms with Gasteiger partial charge in [0.25, 0.3) is 0 Å². The van der Waals surface area contributed by atoms with Gasteiger partial charge in [-0.05, 0) is 46.1 Å². The molecule has 0 aromatic carbocycles. The van der Waals surface area contributed by atoms with Crippen LogP contribution in [0.4, 0.5) is 0 Å². The van der Waals surface area contributed by atoms with E-state index in [1.807, 2.05) is 13.0 Å². The summed E-state index contributed by atoms with van der Waals surface area (Å²) in [6.07, 6.45) is 3.96. The molecule has 1 aromatic rings. The topological polar surface area (TPSA) is 22.0 Å². The van der Waals surface area contributed by atoms with Crippen LogP contribution in [0.3, 0.4) is 0 Å². The number of ketones is 1. The third kappa shape index (κ3) is 2.64. The Kier molecular flexibility index (Phi) is 3.86. The molecule has 2 atom stereocenters. The number of rotatable bonds is 5. The van der Waals surface area contributed by atoms with Crippen molar-refractivity contribution in [3.63, 3.8) is 0 Å². The van der Waals surface area contributed by atoms with Gasteiger partial charge in [-0.25, -0.2) is 0 Å². The molecule has 2 nitrogen and oxygen atoms in total. The molecule has 1 fully saturated rings. The maximum absolute atomic E-state index is 12.0. The summed E-state index contributed by atoms with van der Waals surface area (Å²) in [5.74, 6) is 0.932. The van der Waals surface area contributed by atoms with Crippen LogP contribution in [0.1, 0.15) is 60.9 Å². The van der Waals surface area contributed by atoms with Crippen LogP contribution in [0, 0.1) is 19.8 Å². The number of hydrogen-bond donors (Lipinski definition) is 0. The van der Waals surface area contributed by atoms with Crippen molar-refractivity contribution in [1.82, 2.24) is 4.57 Å². The fourth-order valence-corrected chi connectivity index (χ4v) is 2.98. The average Bonchev–Trinajstić information content (AvgIpc) is 3.03. The van der Waals surface area contributed by atoms with Crippen molar-refractivity contribution in [3.8, 4) is 0 Å². The van der Waals surface area contributed by atoms with Crippen LogP contribution in [0.25, 0.3) is 0 Å². The van der Waals surface area contributed by atoms with Gasteiger partial charge in [-0.2, -0.15) is 0 Å². The van der Waals surface area contributed by atoms with Crippen molar-refractivity contribution in [3.05, 3.63) is 23.0 Å². The third-order valence-corrected chi connectivity index (χ3v) is 4.12. The van der Waals surface area contributed by atoms with Crippen molar-refractivity contribution in [2.75, 3.05) is 0 Å². The van der Waals surface area contributed by atoms with E-state index < -0.39 is 5.38 Å². The zero-order valence-electron chi connectivity index (χ0n) is 11.7. The molecule has 0 spiro atoms. The molecule has 0 bridgehead atoms. The summed E-state index contributed by atoms with van der Waals surface area (Å²) in [6.45, 7) is 8.09. The van der Waals surface area contributed by atoms with E-state index in [1.54, 1.807) is 6.92 Å². The first-order chi connectivity index (χ1) is 8.41.